The first-order chi connectivity index (χ1) is 17.7. The molecule has 37 heavy (non-hydrogen) atoms. The number of nitrogens with one attached hydrogen (secondary N) is 1. The zero-order chi connectivity index (χ0) is 26.5. The van der Waals surface area contributed by atoms with Crippen LogP contribution in [0, 0.1) is 12.8 Å². The van der Waals surface area contributed by atoms with Gasteiger partial charge in [0.1, 0.15) is 17.9 Å². The lowest BCUT2D eigenvalue weighted by atomic mass is 10.0. The van der Waals surface area contributed by atoms with Crippen LogP contribution in [0.3, 0.4) is 0 Å². The van der Waals surface area contributed by atoms with Crippen LogP contribution < -0.4 is 15.0 Å². The molecule has 0 saturated carbocycles. The summed E-state index contributed by atoms with van der Waals surface area (Å²) in [6.07, 6.45) is 5.35. The van der Waals surface area contributed by atoms with Crippen molar-refractivity contribution in [3.05, 3.63) is 60.3 Å². The number of aryl methyl sites for hydroxylation is 1. The van der Waals surface area contributed by atoms with Crippen LogP contribution in [0.1, 0.15) is 44.5 Å². The van der Waals surface area contributed by atoms with Gasteiger partial charge in [0.15, 0.2) is 0 Å². The molecule has 2 unspecified atom stereocenters. The van der Waals surface area contributed by atoms with Gasteiger partial charge in [-0.2, -0.15) is 4.98 Å². The maximum atomic E-state index is 13.1. The van der Waals surface area contributed by atoms with Crippen molar-refractivity contribution in [2.24, 2.45) is 5.92 Å². The number of carbonyl (C=O) groups excluding carboxylic acids is 2. The van der Waals surface area contributed by atoms with Gasteiger partial charge in [0.05, 0.1) is 19.2 Å². The van der Waals surface area contributed by atoms with Crippen molar-refractivity contribution in [1.29, 1.82) is 0 Å². The van der Waals surface area contributed by atoms with Gasteiger partial charge >= 0.3 is 0 Å². The summed E-state index contributed by atoms with van der Waals surface area (Å²) in [6, 6.07) is 9.12. The Hall–Kier alpha value is -3.95. The molecular formula is C27H35N7O3. The molecule has 1 aliphatic rings. The van der Waals surface area contributed by atoms with Crippen LogP contribution in [0.2, 0.25) is 0 Å². The van der Waals surface area contributed by atoms with Gasteiger partial charge in [-0.3, -0.25) is 14.2 Å². The van der Waals surface area contributed by atoms with Crippen LogP contribution in [0.15, 0.2) is 49.1 Å². The normalized spacial score (nSPS) is 16.5. The SMILES string of the molecule is COc1ccc(C(C)NC(=O)CC2CN(c3cc(C)nc(-n4ccnc4)n3)CCN2C(=O)C(C)C)cc1. The molecule has 1 aliphatic heterocycles. The molecule has 1 aromatic carbocycles. The Morgan fingerprint density at radius 1 is 1.14 bits per heavy atom. The van der Waals surface area contributed by atoms with Crippen molar-refractivity contribution in [2.45, 2.75) is 46.2 Å². The van der Waals surface area contributed by atoms with E-state index in [9.17, 15) is 9.59 Å². The molecule has 10 nitrogen and oxygen atoms in total. The van der Waals surface area contributed by atoms with Crippen LogP contribution in [0.25, 0.3) is 5.95 Å². The first kappa shape index (κ1) is 26.1. The smallest absolute Gasteiger partial charge is 0.237 e. The number of aromatic nitrogens is 4. The molecule has 2 amide bonds. The minimum absolute atomic E-state index is 0.0543. The molecule has 1 fully saturated rings. The van der Waals surface area contributed by atoms with E-state index in [4.69, 9.17) is 9.72 Å². The topological polar surface area (TPSA) is 105 Å². The predicted molar refractivity (Wildman–Crippen MR) is 141 cm³/mol. The van der Waals surface area contributed by atoms with Crippen LogP contribution >= 0.6 is 0 Å². The number of methoxy groups -OCH3 is 1. The zero-order valence-corrected chi connectivity index (χ0v) is 22.1. The van der Waals surface area contributed by atoms with Crippen molar-refractivity contribution < 1.29 is 14.3 Å². The Morgan fingerprint density at radius 2 is 1.89 bits per heavy atom. The number of anilines is 1. The second kappa shape index (κ2) is 11.4. The van der Waals surface area contributed by atoms with Crippen molar-refractivity contribution >= 4 is 17.6 Å². The number of hydrogen-bond donors (Lipinski definition) is 1. The summed E-state index contributed by atoms with van der Waals surface area (Å²) in [6.45, 7) is 9.31. The molecule has 1 saturated heterocycles. The Kier molecular flexibility index (Phi) is 8.05. The Bertz CT molecular complexity index is 1210. The van der Waals surface area contributed by atoms with Crippen molar-refractivity contribution in [3.8, 4) is 11.7 Å². The number of ether oxygens (including phenoxy) is 1. The third-order valence-corrected chi connectivity index (χ3v) is 6.56. The van der Waals surface area contributed by atoms with E-state index >= 15 is 0 Å². The van der Waals surface area contributed by atoms with Gasteiger partial charge < -0.3 is 19.9 Å². The molecule has 0 aliphatic carbocycles. The number of nitrogens with zero attached hydrogens (tertiary/aromatic N) is 6. The van der Waals surface area contributed by atoms with Crippen LogP contribution in [0.4, 0.5) is 5.82 Å². The fourth-order valence-electron chi connectivity index (χ4n) is 4.54. The van der Waals surface area contributed by atoms with E-state index in [2.05, 4.69) is 20.2 Å². The highest BCUT2D eigenvalue weighted by atomic mass is 16.5. The number of imidazole rings is 1. The first-order valence-electron chi connectivity index (χ1n) is 12.6. The van der Waals surface area contributed by atoms with Gasteiger partial charge in [-0.05, 0) is 31.5 Å². The Morgan fingerprint density at radius 3 is 2.54 bits per heavy atom. The largest absolute Gasteiger partial charge is 0.497 e. The van der Waals surface area contributed by atoms with Crippen LogP contribution in [-0.4, -0.2) is 69.0 Å². The van der Waals surface area contributed by atoms with E-state index in [0.29, 0.717) is 25.6 Å². The second-order valence-corrected chi connectivity index (χ2v) is 9.69. The van der Waals surface area contributed by atoms with Gasteiger partial charge in [0.25, 0.3) is 0 Å². The molecule has 10 heteroatoms. The van der Waals surface area contributed by atoms with Gasteiger partial charge in [0, 0.05) is 56.1 Å². The number of piperazine rings is 1. The molecule has 0 bridgehead atoms. The highest BCUT2D eigenvalue weighted by Crippen LogP contribution is 2.23. The fraction of sp³-hybridized carbons (Fsp3) is 0.444. The minimum atomic E-state index is -0.279. The van der Waals surface area contributed by atoms with Gasteiger partial charge in [-0.15, -0.1) is 0 Å². The fourth-order valence-corrected chi connectivity index (χ4v) is 4.54. The van der Waals surface area contributed by atoms with Gasteiger partial charge in [-0.1, -0.05) is 26.0 Å². The quantitative estimate of drug-likeness (QED) is 0.502. The molecule has 2 aromatic heterocycles. The van der Waals surface area contributed by atoms with Crippen LogP contribution in [-0.2, 0) is 9.59 Å². The summed E-state index contributed by atoms with van der Waals surface area (Å²) in [5.74, 6) is 1.88. The van der Waals surface area contributed by atoms with Gasteiger partial charge in [-0.25, -0.2) is 9.97 Å². The van der Waals surface area contributed by atoms with E-state index in [1.165, 1.54) is 0 Å². The highest BCUT2D eigenvalue weighted by molar-refractivity contribution is 5.81. The molecule has 1 N–H and O–H groups in total. The van der Waals surface area contributed by atoms with Crippen LogP contribution in [0.5, 0.6) is 5.75 Å². The number of carbonyl (C=O) groups is 2. The lowest BCUT2D eigenvalue weighted by Gasteiger charge is -2.42. The Balaban J connectivity index is 1.50. The summed E-state index contributed by atoms with van der Waals surface area (Å²) >= 11 is 0. The van der Waals surface area contributed by atoms with Gasteiger partial charge in [0.2, 0.25) is 17.8 Å². The summed E-state index contributed by atoms with van der Waals surface area (Å²) in [7, 11) is 1.62. The van der Waals surface area contributed by atoms with E-state index in [-0.39, 0.29) is 36.2 Å². The van der Waals surface area contributed by atoms with E-state index in [1.807, 2.05) is 62.9 Å². The molecule has 4 rings (SSSR count). The van der Waals surface area contributed by atoms with Crippen molar-refractivity contribution in [3.63, 3.8) is 0 Å². The molecule has 2 atom stereocenters. The number of rotatable bonds is 8. The number of hydrogen-bond acceptors (Lipinski definition) is 7. The number of benzene rings is 1. The molecule has 0 radical (unpaired) electrons. The first-order valence-corrected chi connectivity index (χ1v) is 12.6. The maximum absolute atomic E-state index is 13.1. The second-order valence-electron chi connectivity index (χ2n) is 9.69. The highest BCUT2D eigenvalue weighted by Gasteiger charge is 2.34. The lowest BCUT2D eigenvalue weighted by Crippen LogP contribution is -2.57. The van der Waals surface area contributed by atoms with E-state index in [1.54, 1.807) is 30.4 Å². The monoisotopic (exact) mass is 505 g/mol. The summed E-state index contributed by atoms with van der Waals surface area (Å²) in [5.41, 5.74) is 1.81. The number of amides is 2. The van der Waals surface area contributed by atoms with E-state index < -0.39 is 0 Å². The zero-order valence-electron chi connectivity index (χ0n) is 22.1. The van der Waals surface area contributed by atoms with Crippen molar-refractivity contribution in [2.75, 3.05) is 31.6 Å². The standard InChI is InChI=1S/C27H35N7O3/c1-18(2)26(36)34-13-12-32(24-14-19(3)29-27(31-24)33-11-10-28-17-33)16-22(34)15-25(35)30-20(4)21-6-8-23(37-5)9-7-21/h6-11,14,17-18,20,22H,12-13,15-16H2,1-5H3,(H,30,35). The molecule has 3 aromatic rings. The molecule has 196 valence electrons. The maximum Gasteiger partial charge on any atom is 0.237 e. The predicted octanol–water partition coefficient (Wildman–Crippen LogP) is 2.92. The summed E-state index contributed by atoms with van der Waals surface area (Å²) in [4.78, 5) is 43.5. The Labute approximate surface area is 217 Å². The third kappa shape index (κ3) is 6.25. The minimum Gasteiger partial charge on any atom is -0.497 e. The average Bonchev–Trinajstić information content (AvgIpc) is 3.43. The average molecular weight is 506 g/mol. The summed E-state index contributed by atoms with van der Waals surface area (Å²) in [5, 5.41) is 3.09. The third-order valence-electron chi connectivity index (χ3n) is 6.56. The van der Waals surface area contributed by atoms with E-state index in [0.717, 1.165) is 22.8 Å². The lowest BCUT2D eigenvalue weighted by molar-refractivity contribution is -0.138. The molecular weight excluding hydrogens is 470 g/mol. The van der Waals surface area contributed by atoms with Crippen molar-refractivity contribution in [1.82, 2.24) is 29.7 Å². The summed E-state index contributed by atoms with van der Waals surface area (Å²) < 4.78 is 6.99. The molecule has 3 heterocycles. The molecule has 0 spiro atoms.